The van der Waals surface area contributed by atoms with Crippen molar-refractivity contribution in [2.45, 2.75) is 65.0 Å². The first kappa shape index (κ1) is 19.1. The number of amides is 1. The largest absolute Gasteiger partial charge is 0.451 e. The van der Waals surface area contributed by atoms with Crippen LogP contribution in [0.15, 0.2) is 4.79 Å². The number of fused-ring (bicyclic) bond motifs is 2. The van der Waals surface area contributed by atoms with Gasteiger partial charge in [-0.15, -0.1) is 11.3 Å². The Labute approximate surface area is 167 Å². The predicted molar refractivity (Wildman–Crippen MR) is 107 cm³/mol. The minimum absolute atomic E-state index is 0.0829. The van der Waals surface area contributed by atoms with Gasteiger partial charge in [0.2, 0.25) is 0 Å². The zero-order valence-corrected chi connectivity index (χ0v) is 17.1. The zero-order valence-electron chi connectivity index (χ0n) is 16.3. The first-order valence-electron chi connectivity index (χ1n) is 10.0. The van der Waals surface area contributed by atoms with E-state index in [0.29, 0.717) is 27.2 Å². The highest BCUT2D eigenvalue weighted by Crippen LogP contribution is 2.29. The molecule has 4 heterocycles. The number of aryl methyl sites for hydroxylation is 2. The van der Waals surface area contributed by atoms with Crippen LogP contribution in [0.2, 0.25) is 0 Å². The molecule has 2 aliphatic heterocycles. The minimum Gasteiger partial charge on any atom is -0.451 e. The summed E-state index contributed by atoms with van der Waals surface area (Å²) in [6.07, 6.45) is 5.75. The SMILES string of the molecule is CC[C@H]1CCCCN1C(=O)COC(=O)c1sc2nc3n(c(=O)c2c1C)CCC3. The van der Waals surface area contributed by atoms with E-state index in [-0.39, 0.29) is 24.1 Å². The van der Waals surface area contributed by atoms with E-state index < -0.39 is 5.97 Å². The second kappa shape index (κ2) is 7.66. The highest BCUT2D eigenvalue weighted by Gasteiger charge is 2.28. The third kappa shape index (κ3) is 3.23. The molecule has 2 aromatic heterocycles. The Hall–Kier alpha value is -2.22. The normalized spacial score (nSPS) is 19.1. The molecule has 7 nitrogen and oxygen atoms in total. The lowest BCUT2D eigenvalue weighted by atomic mass is 10.00. The van der Waals surface area contributed by atoms with Gasteiger partial charge >= 0.3 is 5.97 Å². The highest BCUT2D eigenvalue weighted by atomic mass is 32.1. The van der Waals surface area contributed by atoms with Crippen molar-refractivity contribution in [2.75, 3.05) is 13.2 Å². The Morgan fingerprint density at radius 3 is 2.86 bits per heavy atom. The number of piperidine rings is 1. The van der Waals surface area contributed by atoms with Gasteiger partial charge in [0, 0.05) is 25.6 Å². The second-order valence-electron chi connectivity index (χ2n) is 7.55. The number of esters is 1. The van der Waals surface area contributed by atoms with E-state index in [1.165, 1.54) is 11.3 Å². The molecule has 0 aromatic carbocycles. The standard InChI is InChI=1S/C20H25N3O4S/c1-3-13-7-4-5-9-22(13)15(24)11-27-20(26)17-12(2)16-18(28-17)21-14-8-6-10-23(14)19(16)25/h13H,3-11H2,1-2H3/t13-/m0/s1. The van der Waals surface area contributed by atoms with Gasteiger partial charge in [-0.3, -0.25) is 14.2 Å². The summed E-state index contributed by atoms with van der Waals surface area (Å²) in [5.41, 5.74) is 0.516. The molecule has 1 fully saturated rings. The highest BCUT2D eigenvalue weighted by molar-refractivity contribution is 7.20. The Morgan fingerprint density at radius 1 is 1.25 bits per heavy atom. The average molecular weight is 404 g/mol. The molecular weight excluding hydrogens is 378 g/mol. The van der Waals surface area contributed by atoms with E-state index in [9.17, 15) is 14.4 Å². The quantitative estimate of drug-likeness (QED) is 0.733. The van der Waals surface area contributed by atoms with Crippen molar-refractivity contribution in [1.82, 2.24) is 14.5 Å². The van der Waals surface area contributed by atoms with Crippen LogP contribution in [0, 0.1) is 6.92 Å². The number of carbonyl (C=O) groups excluding carboxylic acids is 2. The number of hydrogen-bond donors (Lipinski definition) is 0. The molecule has 0 N–H and O–H groups in total. The van der Waals surface area contributed by atoms with Crippen molar-refractivity contribution in [3.63, 3.8) is 0 Å². The lowest BCUT2D eigenvalue weighted by Gasteiger charge is -2.35. The summed E-state index contributed by atoms with van der Waals surface area (Å²) in [7, 11) is 0. The van der Waals surface area contributed by atoms with Gasteiger partial charge in [-0.05, 0) is 44.6 Å². The van der Waals surface area contributed by atoms with Gasteiger partial charge in [0.05, 0.1) is 5.39 Å². The molecule has 1 amide bonds. The van der Waals surface area contributed by atoms with Crippen molar-refractivity contribution in [2.24, 2.45) is 0 Å². The molecule has 2 aliphatic rings. The summed E-state index contributed by atoms with van der Waals surface area (Å²) >= 11 is 1.18. The molecule has 28 heavy (non-hydrogen) atoms. The topological polar surface area (TPSA) is 81.5 Å². The number of ether oxygens (including phenoxy) is 1. The zero-order chi connectivity index (χ0) is 19.8. The summed E-state index contributed by atoms with van der Waals surface area (Å²) in [6.45, 7) is 4.97. The van der Waals surface area contributed by atoms with Crippen LogP contribution in [-0.4, -0.2) is 45.5 Å². The molecule has 8 heteroatoms. The van der Waals surface area contributed by atoms with Crippen LogP contribution in [0.25, 0.3) is 10.2 Å². The molecule has 0 saturated carbocycles. The van der Waals surface area contributed by atoms with Crippen molar-refractivity contribution in [3.8, 4) is 0 Å². The predicted octanol–water partition coefficient (Wildman–Crippen LogP) is 2.66. The average Bonchev–Trinajstić information content (AvgIpc) is 3.31. The lowest BCUT2D eigenvalue weighted by molar-refractivity contribution is -0.138. The third-order valence-corrected chi connectivity index (χ3v) is 7.01. The Balaban J connectivity index is 1.52. The van der Waals surface area contributed by atoms with Gasteiger partial charge in [-0.25, -0.2) is 9.78 Å². The summed E-state index contributed by atoms with van der Waals surface area (Å²) < 4.78 is 7.03. The van der Waals surface area contributed by atoms with Gasteiger partial charge in [-0.2, -0.15) is 0 Å². The number of carbonyl (C=O) groups is 2. The maximum atomic E-state index is 12.7. The van der Waals surface area contributed by atoms with Crippen LogP contribution in [0.5, 0.6) is 0 Å². The van der Waals surface area contributed by atoms with E-state index in [4.69, 9.17) is 4.74 Å². The Bertz CT molecular complexity index is 993. The Morgan fingerprint density at radius 2 is 2.07 bits per heavy atom. The number of thiophene rings is 1. The van der Waals surface area contributed by atoms with Crippen LogP contribution in [0.1, 0.15) is 60.1 Å². The number of aromatic nitrogens is 2. The van der Waals surface area contributed by atoms with E-state index in [1.54, 1.807) is 11.5 Å². The molecular formula is C20H25N3O4S. The van der Waals surface area contributed by atoms with Crippen molar-refractivity contribution < 1.29 is 14.3 Å². The molecule has 1 saturated heterocycles. The maximum Gasteiger partial charge on any atom is 0.349 e. The molecule has 2 aromatic rings. The summed E-state index contributed by atoms with van der Waals surface area (Å²) in [5.74, 6) is 0.0869. The first-order valence-corrected chi connectivity index (χ1v) is 10.8. The van der Waals surface area contributed by atoms with E-state index >= 15 is 0 Å². The summed E-state index contributed by atoms with van der Waals surface area (Å²) in [5, 5.41) is 0.496. The number of hydrogen-bond acceptors (Lipinski definition) is 6. The number of rotatable bonds is 4. The van der Waals surface area contributed by atoms with Crippen LogP contribution < -0.4 is 5.56 Å². The Kier molecular flexibility index (Phi) is 5.23. The van der Waals surface area contributed by atoms with Crippen LogP contribution in [0.3, 0.4) is 0 Å². The molecule has 0 radical (unpaired) electrons. The number of likely N-dealkylation sites (tertiary alicyclic amines) is 1. The molecule has 0 aliphatic carbocycles. The molecule has 4 rings (SSSR count). The van der Waals surface area contributed by atoms with Crippen LogP contribution >= 0.6 is 11.3 Å². The summed E-state index contributed by atoms with van der Waals surface area (Å²) in [4.78, 5) is 45.2. The summed E-state index contributed by atoms with van der Waals surface area (Å²) in [6, 6.07) is 0.234. The second-order valence-corrected chi connectivity index (χ2v) is 8.54. The van der Waals surface area contributed by atoms with Crippen molar-refractivity contribution in [3.05, 3.63) is 26.6 Å². The van der Waals surface area contributed by atoms with Crippen molar-refractivity contribution >= 4 is 33.4 Å². The first-order chi connectivity index (χ1) is 13.5. The van der Waals surface area contributed by atoms with E-state index in [1.807, 2.05) is 4.90 Å². The monoisotopic (exact) mass is 403 g/mol. The third-order valence-electron chi connectivity index (χ3n) is 5.84. The van der Waals surface area contributed by atoms with Crippen molar-refractivity contribution in [1.29, 1.82) is 0 Å². The smallest absolute Gasteiger partial charge is 0.349 e. The molecule has 1 atom stereocenters. The molecule has 0 bridgehead atoms. The fourth-order valence-electron chi connectivity index (χ4n) is 4.30. The van der Waals surface area contributed by atoms with Gasteiger partial charge in [0.15, 0.2) is 6.61 Å². The maximum absolute atomic E-state index is 12.7. The molecule has 150 valence electrons. The fourth-order valence-corrected chi connectivity index (χ4v) is 5.38. The van der Waals surface area contributed by atoms with Gasteiger partial charge in [0.1, 0.15) is 15.5 Å². The van der Waals surface area contributed by atoms with Crippen LogP contribution in [0.4, 0.5) is 0 Å². The van der Waals surface area contributed by atoms with E-state index in [2.05, 4.69) is 11.9 Å². The van der Waals surface area contributed by atoms with Gasteiger partial charge in [0.25, 0.3) is 11.5 Å². The van der Waals surface area contributed by atoms with E-state index in [0.717, 1.165) is 50.9 Å². The number of nitrogens with zero attached hydrogens (tertiary/aromatic N) is 3. The van der Waals surface area contributed by atoms with Gasteiger partial charge < -0.3 is 9.64 Å². The lowest BCUT2D eigenvalue weighted by Crippen LogP contribution is -2.45. The molecule has 0 unspecified atom stereocenters. The molecule has 0 spiro atoms. The minimum atomic E-state index is -0.552. The fraction of sp³-hybridized carbons (Fsp3) is 0.600. The van der Waals surface area contributed by atoms with Gasteiger partial charge in [-0.1, -0.05) is 6.92 Å². The van der Waals surface area contributed by atoms with Crippen LogP contribution in [-0.2, 0) is 22.5 Å².